The van der Waals surface area contributed by atoms with E-state index in [0.29, 0.717) is 56.8 Å². The van der Waals surface area contributed by atoms with Gasteiger partial charge in [-0.05, 0) is 53.4 Å². The number of ether oxygens (including phenoxy) is 2. The van der Waals surface area contributed by atoms with Crippen molar-refractivity contribution in [1.82, 2.24) is 13.8 Å². The second-order valence-corrected chi connectivity index (χ2v) is 11.1. The fourth-order valence-electron chi connectivity index (χ4n) is 5.02. The lowest BCUT2D eigenvalue weighted by Gasteiger charge is -2.37. The zero-order chi connectivity index (χ0) is 25.9. The van der Waals surface area contributed by atoms with Crippen LogP contribution in [0.25, 0.3) is 0 Å². The molecule has 2 aliphatic rings. The van der Waals surface area contributed by atoms with E-state index in [9.17, 15) is 22.8 Å². The molecule has 3 heterocycles. The molecule has 1 aromatic rings. The molecular weight excluding hydrogens is 474 g/mol. The Kier molecular flexibility index (Phi) is 8.63. The SMILES string of the molecule is CCOC(=O)c1c(S(=O)(=O)N2CCC[C@H](C(=O)N3CCC(C(=O)OCC)CC3)C2)c(C)n(C)c1C. The van der Waals surface area contributed by atoms with Gasteiger partial charge in [-0.2, -0.15) is 4.31 Å². The average molecular weight is 512 g/mol. The van der Waals surface area contributed by atoms with E-state index in [0.717, 1.165) is 0 Å². The molecule has 0 aromatic carbocycles. The van der Waals surface area contributed by atoms with Crippen molar-refractivity contribution >= 4 is 27.9 Å². The van der Waals surface area contributed by atoms with Crippen molar-refractivity contribution in [2.75, 3.05) is 39.4 Å². The molecule has 0 N–H and O–H groups in total. The smallest absolute Gasteiger partial charge is 0.341 e. The van der Waals surface area contributed by atoms with Gasteiger partial charge in [0.05, 0.1) is 25.0 Å². The van der Waals surface area contributed by atoms with Crippen LogP contribution >= 0.6 is 0 Å². The van der Waals surface area contributed by atoms with Crippen LogP contribution in [-0.2, 0) is 36.1 Å². The van der Waals surface area contributed by atoms with Gasteiger partial charge in [0.1, 0.15) is 10.5 Å². The van der Waals surface area contributed by atoms with E-state index in [1.807, 2.05) is 0 Å². The molecule has 35 heavy (non-hydrogen) atoms. The molecule has 0 radical (unpaired) electrons. The van der Waals surface area contributed by atoms with E-state index in [2.05, 4.69) is 0 Å². The number of nitrogens with zero attached hydrogens (tertiary/aromatic N) is 3. The maximum atomic E-state index is 13.8. The number of rotatable bonds is 7. The summed E-state index contributed by atoms with van der Waals surface area (Å²) in [4.78, 5) is 39.6. The Bertz CT molecular complexity index is 1070. The summed E-state index contributed by atoms with van der Waals surface area (Å²) >= 11 is 0. The minimum Gasteiger partial charge on any atom is -0.466 e. The summed E-state index contributed by atoms with van der Waals surface area (Å²) in [5.74, 6) is -1.64. The molecule has 0 saturated carbocycles. The predicted octanol–water partition coefficient (Wildman–Crippen LogP) is 2.02. The van der Waals surface area contributed by atoms with Crippen molar-refractivity contribution in [3.63, 3.8) is 0 Å². The van der Waals surface area contributed by atoms with Gasteiger partial charge in [0.2, 0.25) is 15.9 Å². The van der Waals surface area contributed by atoms with E-state index in [1.54, 1.807) is 44.2 Å². The molecule has 196 valence electrons. The molecule has 0 bridgehead atoms. The first-order chi connectivity index (χ1) is 16.5. The van der Waals surface area contributed by atoms with Gasteiger partial charge >= 0.3 is 11.9 Å². The van der Waals surface area contributed by atoms with E-state index >= 15 is 0 Å². The van der Waals surface area contributed by atoms with Crippen molar-refractivity contribution in [2.45, 2.75) is 58.3 Å². The van der Waals surface area contributed by atoms with Gasteiger partial charge in [-0.1, -0.05) is 0 Å². The van der Waals surface area contributed by atoms with Crippen molar-refractivity contribution in [2.24, 2.45) is 18.9 Å². The van der Waals surface area contributed by atoms with E-state index < -0.39 is 21.9 Å². The Morgan fingerprint density at radius 1 is 0.914 bits per heavy atom. The van der Waals surface area contributed by atoms with Crippen molar-refractivity contribution in [3.8, 4) is 0 Å². The van der Waals surface area contributed by atoms with Gasteiger partial charge in [0.25, 0.3) is 0 Å². The van der Waals surface area contributed by atoms with Gasteiger partial charge in [-0.3, -0.25) is 9.59 Å². The van der Waals surface area contributed by atoms with Crippen LogP contribution < -0.4 is 0 Å². The Labute approximate surface area is 207 Å². The first kappa shape index (κ1) is 27.2. The number of aromatic nitrogens is 1. The Morgan fingerprint density at radius 2 is 1.54 bits per heavy atom. The molecule has 10 nitrogen and oxygen atoms in total. The van der Waals surface area contributed by atoms with Crippen LogP contribution in [0.1, 0.15) is 61.3 Å². The predicted molar refractivity (Wildman–Crippen MR) is 128 cm³/mol. The molecule has 11 heteroatoms. The van der Waals surface area contributed by atoms with Crippen LogP contribution in [0.15, 0.2) is 4.90 Å². The van der Waals surface area contributed by atoms with Crippen molar-refractivity contribution in [1.29, 1.82) is 0 Å². The molecule has 2 fully saturated rings. The standard InChI is InChI=1S/C24H37N3O7S/c1-6-33-23(29)18-10-13-26(14-11-18)22(28)19-9-8-12-27(15-19)35(31,32)21-17(4)25(5)16(3)20(21)24(30)34-7-2/h18-19H,6-15H2,1-5H3/t19-/m0/s1. The number of hydrogen-bond acceptors (Lipinski definition) is 7. The maximum Gasteiger partial charge on any atom is 0.341 e. The fraction of sp³-hybridized carbons (Fsp3) is 0.708. The molecule has 1 atom stereocenters. The molecular formula is C24H37N3O7S. The lowest BCUT2D eigenvalue weighted by Crippen LogP contribution is -2.49. The first-order valence-corrected chi connectivity index (χ1v) is 13.8. The number of carbonyl (C=O) groups excluding carboxylic acids is 3. The Hall–Kier alpha value is -2.40. The topological polar surface area (TPSA) is 115 Å². The van der Waals surface area contributed by atoms with Crippen LogP contribution in [0.4, 0.5) is 0 Å². The minimum absolute atomic E-state index is 0.0423. The molecule has 0 unspecified atom stereocenters. The van der Waals surface area contributed by atoms with Crippen LogP contribution in [0, 0.1) is 25.7 Å². The van der Waals surface area contributed by atoms with Gasteiger partial charge in [0, 0.05) is 44.6 Å². The first-order valence-electron chi connectivity index (χ1n) is 12.3. The highest BCUT2D eigenvalue weighted by Gasteiger charge is 2.40. The van der Waals surface area contributed by atoms with Crippen molar-refractivity contribution in [3.05, 3.63) is 17.0 Å². The molecule has 0 spiro atoms. The summed E-state index contributed by atoms with van der Waals surface area (Å²) in [6, 6.07) is 0. The Morgan fingerprint density at radius 3 is 2.14 bits per heavy atom. The molecule has 2 saturated heterocycles. The normalized spacial score (nSPS) is 20.0. The highest BCUT2D eigenvalue weighted by molar-refractivity contribution is 7.89. The monoisotopic (exact) mass is 511 g/mol. The largest absolute Gasteiger partial charge is 0.466 e. The number of piperidine rings is 2. The zero-order valence-electron chi connectivity index (χ0n) is 21.3. The van der Waals surface area contributed by atoms with Gasteiger partial charge in [0.15, 0.2) is 0 Å². The number of carbonyl (C=O) groups is 3. The quantitative estimate of drug-likeness (QED) is 0.514. The summed E-state index contributed by atoms with van der Waals surface area (Å²) in [5, 5.41) is 0. The lowest BCUT2D eigenvalue weighted by molar-refractivity contribution is -0.152. The summed E-state index contributed by atoms with van der Waals surface area (Å²) in [6.45, 7) is 8.54. The highest BCUT2D eigenvalue weighted by Crippen LogP contribution is 2.33. The molecule has 1 aromatic heterocycles. The second-order valence-electron chi connectivity index (χ2n) is 9.21. The number of sulfonamides is 1. The average Bonchev–Trinajstić information content (AvgIpc) is 3.08. The third kappa shape index (κ3) is 5.40. The van der Waals surface area contributed by atoms with E-state index in [-0.39, 0.29) is 47.9 Å². The third-order valence-electron chi connectivity index (χ3n) is 7.16. The van der Waals surface area contributed by atoms with Crippen LogP contribution in [0.2, 0.25) is 0 Å². The van der Waals surface area contributed by atoms with Gasteiger partial charge < -0.3 is 18.9 Å². The number of likely N-dealkylation sites (tertiary alicyclic amines) is 1. The van der Waals surface area contributed by atoms with Gasteiger partial charge in [-0.25, -0.2) is 13.2 Å². The van der Waals surface area contributed by atoms with Gasteiger partial charge in [-0.15, -0.1) is 0 Å². The zero-order valence-corrected chi connectivity index (χ0v) is 22.1. The molecule has 3 rings (SSSR count). The summed E-state index contributed by atoms with van der Waals surface area (Å²) in [7, 11) is -2.31. The van der Waals surface area contributed by atoms with E-state index in [4.69, 9.17) is 9.47 Å². The number of amides is 1. The fourth-order valence-corrected chi connectivity index (χ4v) is 7.02. The molecule has 1 amide bonds. The third-order valence-corrected chi connectivity index (χ3v) is 9.19. The minimum atomic E-state index is -4.03. The van der Waals surface area contributed by atoms with Crippen LogP contribution in [0.3, 0.4) is 0 Å². The maximum absolute atomic E-state index is 13.8. The summed E-state index contributed by atoms with van der Waals surface area (Å²) in [6.07, 6.45) is 2.24. The highest BCUT2D eigenvalue weighted by atomic mass is 32.2. The number of esters is 2. The Balaban J connectivity index is 1.77. The van der Waals surface area contributed by atoms with Crippen LogP contribution in [0.5, 0.6) is 0 Å². The summed E-state index contributed by atoms with van der Waals surface area (Å²) < 4.78 is 40.8. The number of hydrogen-bond donors (Lipinski definition) is 0. The second kappa shape index (κ2) is 11.1. The van der Waals surface area contributed by atoms with Crippen molar-refractivity contribution < 1.29 is 32.3 Å². The molecule has 0 aliphatic carbocycles. The van der Waals surface area contributed by atoms with E-state index in [1.165, 1.54) is 4.31 Å². The lowest BCUT2D eigenvalue weighted by atomic mass is 9.93. The summed E-state index contributed by atoms with van der Waals surface area (Å²) in [5.41, 5.74) is 1.04. The molecule has 2 aliphatic heterocycles. The van der Waals surface area contributed by atoms with Crippen LogP contribution in [-0.4, -0.2) is 79.4 Å².